The highest BCUT2D eigenvalue weighted by Gasteiger charge is 2.21. The quantitative estimate of drug-likeness (QED) is 0.456. The number of rotatable bonds is 0. The van der Waals surface area contributed by atoms with Crippen molar-refractivity contribution in [2.75, 3.05) is 17.3 Å². The zero-order valence-corrected chi connectivity index (χ0v) is 20.2. The minimum atomic E-state index is 0.125. The third-order valence-corrected chi connectivity index (χ3v) is 7.71. The summed E-state index contributed by atoms with van der Waals surface area (Å²) in [5.41, 5.74) is 6.97. The summed E-state index contributed by atoms with van der Waals surface area (Å²) in [4.78, 5) is 24.8. The van der Waals surface area contributed by atoms with E-state index in [2.05, 4.69) is 57.1 Å². The van der Waals surface area contributed by atoms with E-state index >= 15 is 0 Å². The summed E-state index contributed by atoms with van der Waals surface area (Å²) in [6.07, 6.45) is 5.10. The van der Waals surface area contributed by atoms with Crippen LogP contribution in [0.25, 0.3) is 0 Å². The number of aryl methyl sites for hydroxylation is 2. The number of nitrogens with zero attached hydrogens (tertiary/aromatic N) is 1. The van der Waals surface area contributed by atoms with Gasteiger partial charge in [-0.1, -0.05) is 44.0 Å². The molecule has 2 amide bonds. The van der Waals surface area contributed by atoms with Crippen LogP contribution in [0.3, 0.4) is 0 Å². The highest BCUT2D eigenvalue weighted by atomic mass is 79.9. The number of anilines is 2. The fraction of sp³-hybridized carbons (Fsp3) is 0.391. The van der Waals surface area contributed by atoms with Crippen molar-refractivity contribution in [1.29, 1.82) is 0 Å². The molecule has 0 atom stereocenters. The van der Waals surface area contributed by atoms with Gasteiger partial charge in [-0.15, -0.1) is 0 Å². The number of amides is 2. The Morgan fingerprint density at radius 3 is 2.14 bits per heavy atom. The van der Waals surface area contributed by atoms with E-state index in [9.17, 15) is 9.59 Å². The molecule has 1 N–H and O–H groups in total. The normalized spacial score (nSPS) is 16.0. The number of carbonyl (C=O) groups is 2. The molecule has 2 aliphatic rings. The zero-order chi connectivity index (χ0) is 21.1. The second-order valence-corrected chi connectivity index (χ2v) is 9.21. The Morgan fingerprint density at radius 2 is 1.41 bits per heavy atom. The summed E-state index contributed by atoms with van der Waals surface area (Å²) < 4.78 is 2.29. The van der Waals surface area contributed by atoms with Crippen molar-refractivity contribution >= 4 is 55.0 Å². The number of benzene rings is 2. The van der Waals surface area contributed by atoms with Crippen molar-refractivity contribution in [3.8, 4) is 0 Å². The maximum atomic E-state index is 11.7. The lowest BCUT2D eigenvalue weighted by Gasteiger charge is -2.19. The van der Waals surface area contributed by atoms with Gasteiger partial charge in [0.15, 0.2) is 0 Å². The van der Waals surface area contributed by atoms with Gasteiger partial charge >= 0.3 is 0 Å². The molecule has 0 fully saturated rings. The molecule has 0 aromatic heterocycles. The average Bonchev–Trinajstić information content (AvgIpc) is 2.97. The van der Waals surface area contributed by atoms with Gasteiger partial charge in [0.25, 0.3) is 0 Å². The molecule has 2 aliphatic heterocycles. The third kappa shape index (κ3) is 4.92. The summed E-state index contributed by atoms with van der Waals surface area (Å²) in [5, 5.41) is 2.92. The van der Waals surface area contributed by atoms with Gasteiger partial charge < -0.3 is 10.2 Å². The van der Waals surface area contributed by atoms with Crippen molar-refractivity contribution in [2.45, 2.75) is 52.4 Å². The number of fused-ring (bicyclic) bond motifs is 2. The summed E-state index contributed by atoms with van der Waals surface area (Å²) in [6, 6.07) is 8.10. The Balaban J connectivity index is 0.000000166. The lowest BCUT2D eigenvalue weighted by atomic mass is 10.0. The monoisotopic (exact) mass is 520 g/mol. The second kappa shape index (κ2) is 9.43. The number of hydrogen-bond acceptors (Lipinski definition) is 2. The highest BCUT2D eigenvalue weighted by molar-refractivity contribution is 9.10. The van der Waals surface area contributed by atoms with Crippen molar-refractivity contribution in [2.24, 2.45) is 0 Å². The molecule has 0 radical (unpaired) electrons. The van der Waals surface area contributed by atoms with Crippen LogP contribution >= 0.6 is 31.9 Å². The number of carbonyl (C=O) groups excluding carboxylic acids is 2. The van der Waals surface area contributed by atoms with Gasteiger partial charge in [-0.2, -0.15) is 0 Å². The maximum absolute atomic E-state index is 11.7. The Hall–Kier alpha value is -1.66. The molecule has 0 aliphatic carbocycles. The lowest BCUT2D eigenvalue weighted by Crippen LogP contribution is -2.25. The van der Waals surface area contributed by atoms with Crippen LogP contribution in [-0.2, 0) is 22.4 Å². The largest absolute Gasteiger partial charge is 0.326 e. The molecule has 29 heavy (non-hydrogen) atoms. The summed E-state index contributed by atoms with van der Waals surface area (Å²) in [5.74, 6) is 0.337. The second-order valence-electron chi connectivity index (χ2n) is 7.62. The molecule has 0 bridgehead atoms. The first kappa shape index (κ1) is 22.0. The van der Waals surface area contributed by atoms with Gasteiger partial charge in [-0.25, -0.2) is 0 Å². The van der Waals surface area contributed by atoms with Gasteiger partial charge in [0, 0.05) is 40.2 Å². The number of nitrogens with one attached hydrogen (secondary N) is 1. The van der Waals surface area contributed by atoms with Gasteiger partial charge in [0.1, 0.15) is 0 Å². The lowest BCUT2D eigenvalue weighted by molar-refractivity contribution is -0.118. The van der Waals surface area contributed by atoms with Crippen molar-refractivity contribution in [1.82, 2.24) is 0 Å². The third-order valence-electron chi connectivity index (χ3n) is 5.51. The van der Waals surface area contributed by atoms with Gasteiger partial charge in [0.05, 0.1) is 0 Å². The van der Waals surface area contributed by atoms with Crippen LogP contribution in [0.1, 0.15) is 47.9 Å². The van der Waals surface area contributed by atoms with E-state index in [0.717, 1.165) is 46.0 Å². The van der Waals surface area contributed by atoms with E-state index in [1.165, 1.54) is 22.3 Å². The molecule has 154 valence electrons. The Bertz CT molecular complexity index is 956. The van der Waals surface area contributed by atoms with Crippen molar-refractivity contribution in [3.63, 3.8) is 0 Å². The molecule has 0 unspecified atom stereocenters. The average molecular weight is 522 g/mol. The molecule has 4 nitrogen and oxygen atoms in total. The van der Waals surface area contributed by atoms with Crippen molar-refractivity contribution in [3.05, 3.63) is 55.5 Å². The molecule has 6 heteroatoms. The van der Waals surface area contributed by atoms with Crippen LogP contribution in [-0.4, -0.2) is 18.9 Å². The fourth-order valence-corrected chi connectivity index (χ4v) is 4.81. The predicted molar refractivity (Wildman–Crippen MR) is 126 cm³/mol. The van der Waals surface area contributed by atoms with Crippen LogP contribution < -0.4 is 10.2 Å². The molecule has 2 aromatic rings. The molecular formula is C23H26Br2N2O2. The maximum Gasteiger partial charge on any atom is 0.226 e. The van der Waals surface area contributed by atoms with E-state index < -0.39 is 0 Å². The van der Waals surface area contributed by atoms with Crippen LogP contribution in [0, 0.1) is 13.8 Å². The Kier molecular flexibility index (Phi) is 7.17. The fourth-order valence-electron chi connectivity index (χ4n) is 3.74. The predicted octanol–water partition coefficient (Wildman–Crippen LogP) is 6.09. The summed E-state index contributed by atoms with van der Waals surface area (Å²) in [6.45, 7) is 4.15. The molecule has 0 spiro atoms. The van der Waals surface area contributed by atoms with E-state index in [-0.39, 0.29) is 11.8 Å². The zero-order valence-electron chi connectivity index (χ0n) is 17.1. The first-order valence-corrected chi connectivity index (χ1v) is 11.5. The van der Waals surface area contributed by atoms with Crippen LogP contribution in [0.2, 0.25) is 0 Å². The molecule has 2 heterocycles. The van der Waals surface area contributed by atoms with Crippen LogP contribution in [0.4, 0.5) is 11.4 Å². The van der Waals surface area contributed by atoms with Gasteiger partial charge in [0.2, 0.25) is 11.8 Å². The minimum Gasteiger partial charge on any atom is -0.326 e. The topological polar surface area (TPSA) is 49.4 Å². The SMILES string of the molecule is Cc1ccc2c(c1Br)CCCC(=O)N2.Cc1ccc2c(c1Br)CCCC(=O)N2C. The van der Waals surface area contributed by atoms with E-state index in [1.54, 1.807) is 4.90 Å². The molecule has 4 rings (SSSR count). The van der Waals surface area contributed by atoms with Gasteiger partial charge in [-0.3, -0.25) is 9.59 Å². The molecule has 2 aromatic carbocycles. The highest BCUT2D eigenvalue weighted by Crippen LogP contribution is 2.34. The van der Waals surface area contributed by atoms with E-state index in [1.807, 2.05) is 25.2 Å². The first-order valence-electron chi connectivity index (χ1n) is 9.92. The smallest absolute Gasteiger partial charge is 0.226 e. The summed E-state index contributed by atoms with van der Waals surface area (Å²) >= 11 is 7.18. The molecule has 0 saturated carbocycles. The standard InChI is InChI=1S/C12H14BrNO.C11H12BrNO/c1-8-6-7-10-9(12(8)13)4-3-5-11(15)14(10)2;1-7-5-6-9-8(11(7)12)3-2-4-10(14)13-9/h6-7H,3-5H2,1-2H3;5-6H,2-4H2,1H3,(H,13,14). The first-order chi connectivity index (χ1) is 13.8. The molecular weight excluding hydrogens is 496 g/mol. The van der Waals surface area contributed by atoms with Crippen molar-refractivity contribution < 1.29 is 9.59 Å². The van der Waals surface area contributed by atoms with Gasteiger partial charge in [-0.05, 0) is 73.9 Å². The minimum absolute atomic E-state index is 0.125. The molecule has 0 saturated heterocycles. The Morgan fingerprint density at radius 1 is 0.828 bits per heavy atom. The number of hydrogen-bond donors (Lipinski definition) is 1. The number of halogens is 2. The van der Waals surface area contributed by atoms with Crippen LogP contribution in [0.15, 0.2) is 33.2 Å². The van der Waals surface area contributed by atoms with Crippen LogP contribution in [0.5, 0.6) is 0 Å². The van der Waals surface area contributed by atoms with E-state index in [0.29, 0.717) is 12.8 Å². The Labute approximate surface area is 189 Å². The summed E-state index contributed by atoms with van der Waals surface area (Å²) in [7, 11) is 1.86. The van der Waals surface area contributed by atoms with E-state index in [4.69, 9.17) is 0 Å².